The maximum atomic E-state index is 8.93. The molecule has 0 unspecified atom stereocenters. The minimum absolute atomic E-state index is 0.0603. The van der Waals surface area contributed by atoms with E-state index in [0.29, 0.717) is 12.5 Å². The number of hydrogen-bond acceptors (Lipinski definition) is 6. The number of hydrogen-bond donors (Lipinski definition) is 2. The number of aromatic nitrogens is 2. The van der Waals surface area contributed by atoms with E-state index in [1.165, 1.54) is 4.88 Å². The van der Waals surface area contributed by atoms with Crippen LogP contribution in [-0.4, -0.2) is 28.2 Å². The van der Waals surface area contributed by atoms with Gasteiger partial charge in [-0.3, -0.25) is 0 Å². The van der Waals surface area contributed by atoms with E-state index in [2.05, 4.69) is 33.5 Å². The summed E-state index contributed by atoms with van der Waals surface area (Å²) in [5.41, 5.74) is 1.89. The van der Waals surface area contributed by atoms with Crippen LogP contribution in [0.15, 0.2) is 29.7 Å². The molecule has 0 aliphatic rings. The lowest BCUT2D eigenvalue weighted by molar-refractivity contribution is 0.311. The molecule has 0 radical (unpaired) electrons. The normalized spacial score (nSPS) is 11.5. The number of allylic oxidation sites excluding steroid dienone is 1. The maximum Gasteiger partial charge on any atom is 0.223 e. The van der Waals surface area contributed by atoms with Crippen molar-refractivity contribution < 1.29 is 5.11 Å². The van der Waals surface area contributed by atoms with Gasteiger partial charge in [-0.1, -0.05) is 6.08 Å². The Morgan fingerprint density at radius 1 is 1.29 bits per heavy atom. The Balaban J connectivity index is 2.07. The van der Waals surface area contributed by atoms with Crippen molar-refractivity contribution in [2.24, 2.45) is 0 Å². The van der Waals surface area contributed by atoms with Crippen LogP contribution in [0.1, 0.15) is 11.8 Å². The van der Waals surface area contributed by atoms with Gasteiger partial charge in [0.2, 0.25) is 5.95 Å². The van der Waals surface area contributed by atoms with Crippen molar-refractivity contribution in [2.75, 3.05) is 18.5 Å². The predicted octanol–water partition coefficient (Wildman–Crippen LogP) is 3.86. The molecule has 3 heterocycles. The molecule has 0 aromatic carbocycles. The van der Waals surface area contributed by atoms with Gasteiger partial charge in [0.25, 0.3) is 0 Å². The maximum absolute atomic E-state index is 8.93. The number of nitrogens with one attached hydrogen (secondary N) is 1. The number of thiophene rings is 2. The summed E-state index contributed by atoms with van der Waals surface area (Å²) in [5, 5.41) is 14.0. The van der Waals surface area contributed by atoms with Crippen LogP contribution in [0.5, 0.6) is 0 Å². The third kappa shape index (κ3) is 2.97. The zero-order valence-electron chi connectivity index (χ0n) is 11.5. The van der Waals surface area contributed by atoms with Gasteiger partial charge < -0.3 is 10.4 Å². The first-order valence-electron chi connectivity index (χ1n) is 6.64. The lowest BCUT2D eigenvalue weighted by Crippen LogP contribution is -2.08. The molecule has 4 nitrogen and oxygen atoms in total. The third-order valence-corrected chi connectivity index (χ3v) is 4.86. The zero-order chi connectivity index (χ0) is 14.7. The molecule has 0 saturated carbocycles. The van der Waals surface area contributed by atoms with Crippen LogP contribution in [0.2, 0.25) is 0 Å². The van der Waals surface area contributed by atoms with Crippen molar-refractivity contribution in [3.63, 3.8) is 0 Å². The van der Waals surface area contributed by atoms with Gasteiger partial charge in [-0.2, -0.15) is 0 Å². The van der Waals surface area contributed by atoms with Gasteiger partial charge in [0.15, 0.2) is 0 Å². The molecule has 0 amide bonds. The largest absolute Gasteiger partial charge is 0.395 e. The summed E-state index contributed by atoms with van der Waals surface area (Å²) < 4.78 is 1.10. The number of anilines is 1. The fraction of sp³-hybridized carbons (Fsp3) is 0.200. The van der Waals surface area contributed by atoms with Crippen LogP contribution in [0.3, 0.4) is 0 Å². The molecular formula is C15H15N3OS2. The molecule has 0 aliphatic heterocycles. The van der Waals surface area contributed by atoms with E-state index in [4.69, 9.17) is 5.11 Å². The molecule has 2 N–H and O–H groups in total. The lowest BCUT2D eigenvalue weighted by Gasteiger charge is -2.05. The molecule has 0 spiro atoms. The first kappa shape index (κ1) is 14.2. The Morgan fingerprint density at radius 3 is 3.00 bits per heavy atom. The average molecular weight is 317 g/mol. The van der Waals surface area contributed by atoms with Gasteiger partial charge in [0, 0.05) is 11.4 Å². The van der Waals surface area contributed by atoms with Crippen molar-refractivity contribution in [2.45, 2.75) is 6.92 Å². The van der Waals surface area contributed by atoms with Gasteiger partial charge >= 0.3 is 0 Å². The van der Waals surface area contributed by atoms with Crippen molar-refractivity contribution in [3.8, 4) is 10.6 Å². The first-order chi connectivity index (χ1) is 10.3. The monoisotopic (exact) mass is 317 g/mol. The second-order valence-electron chi connectivity index (χ2n) is 4.38. The molecule has 21 heavy (non-hydrogen) atoms. The van der Waals surface area contributed by atoms with Gasteiger partial charge in [0.1, 0.15) is 5.69 Å². The minimum Gasteiger partial charge on any atom is -0.395 e. The minimum atomic E-state index is 0.0603. The molecule has 3 aromatic heterocycles. The SMILES string of the molecule is C/C=C\c1ccc(-c2nc(NCCO)nc3ccsc23)s1. The van der Waals surface area contributed by atoms with Crippen molar-refractivity contribution in [1.82, 2.24) is 9.97 Å². The number of fused-ring (bicyclic) bond motifs is 1. The van der Waals surface area contributed by atoms with E-state index < -0.39 is 0 Å². The van der Waals surface area contributed by atoms with Gasteiger partial charge in [0.05, 0.1) is 21.7 Å². The number of rotatable bonds is 5. The Labute approximate surface area is 130 Å². The molecular weight excluding hydrogens is 302 g/mol. The topological polar surface area (TPSA) is 58.0 Å². The van der Waals surface area contributed by atoms with Crippen LogP contribution in [-0.2, 0) is 0 Å². The van der Waals surface area contributed by atoms with E-state index in [0.717, 1.165) is 20.8 Å². The second kappa shape index (κ2) is 6.34. The van der Waals surface area contributed by atoms with Gasteiger partial charge in [-0.15, -0.1) is 22.7 Å². The summed E-state index contributed by atoms with van der Waals surface area (Å²) in [4.78, 5) is 11.4. The standard InChI is InChI=1S/C15H15N3OS2/c1-2-3-10-4-5-12(21-10)13-14-11(6-9-20-14)17-15(18-13)16-7-8-19/h2-6,9,19H,7-8H2,1H3,(H,16,17,18)/b3-2-. The van der Waals surface area contributed by atoms with E-state index in [1.54, 1.807) is 22.7 Å². The molecule has 0 saturated heterocycles. The summed E-state index contributed by atoms with van der Waals surface area (Å²) in [7, 11) is 0. The smallest absolute Gasteiger partial charge is 0.223 e. The molecule has 6 heteroatoms. The van der Waals surface area contributed by atoms with Gasteiger partial charge in [-0.25, -0.2) is 9.97 Å². The second-order valence-corrected chi connectivity index (χ2v) is 6.41. The third-order valence-electron chi connectivity index (χ3n) is 2.89. The van der Waals surface area contributed by atoms with Crippen LogP contribution in [0.25, 0.3) is 26.9 Å². The summed E-state index contributed by atoms with van der Waals surface area (Å²) in [6.07, 6.45) is 4.12. The first-order valence-corrected chi connectivity index (χ1v) is 8.34. The van der Waals surface area contributed by atoms with Gasteiger partial charge in [-0.05, 0) is 36.6 Å². The Kier molecular flexibility index (Phi) is 4.28. The van der Waals surface area contributed by atoms with E-state index >= 15 is 0 Å². The molecule has 0 atom stereocenters. The molecule has 3 rings (SSSR count). The van der Waals surface area contributed by atoms with E-state index in [-0.39, 0.29) is 6.61 Å². The Morgan fingerprint density at radius 2 is 2.19 bits per heavy atom. The number of aliphatic hydroxyl groups excluding tert-OH is 1. The van der Waals surface area contributed by atoms with Crippen LogP contribution in [0.4, 0.5) is 5.95 Å². The number of aliphatic hydroxyl groups is 1. The van der Waals surface area contributed by atoms with Crippen LogP contribution < -0.4 is 5.32 Å². The summed E-state index contributed by atoms with van der Waals surface area (Å²) in [5.74, 6) is 0.561. The summed E-state index contributed by atoms with van der Waals surface area (Å²) in [6.45, 7) is 2.52. The van der Waals surface area contributed by atoms with E-state index in [9.17, 15) is 0 Å². The molecule has 3 aromatic rings. The predicted molar refractivity (Wildman–Crippen MR) is 91.0 cm³/mol. The lowest BCUT2D eigenvalue weighted by atomic mass is 10.3. The number of nitrogens with zero attached hydrogens (tertiary/aromatic N) is 2. The highest BCUT2D eigenvalue weighted by molar-refractivity contribution is 7.19. The Bertz CT molecular complexity index is 776. The van der Waals surface area contributed by atoms with Crippen molar-refractivity contribution in [1.29, 1.82) is 0 Å². The summed E-state index contributed by atoms with van der Waals surface area (Å²) >= 11 is 3.36. The van der Waals surface area contributed by atoms with Crippen LogP contribution >= 0.6 is 22.7 Å². The average Bonchev–Trinajstić information content (AvgIpc) is 3.13. The quantitative estimate of drug-likeness (QED) is 0.750. The van der Waals surface area contributed by atoms with Crippen molar-refractivity contribution >= 4 is 44.9 Å². The highest BCUT2D eigenvalue weighted by atomic mass is 32.1. The summed E-state index contributed by atoms with van der Waals surface area (Å²) in [6, 6.07) is 6.19. The molecule has 0 fully saturated rings. The molecule has 0 bridgehead atoms. The fourth-order valence-corrected chi connectivity index (χ4v) is 3.89. The highest BCUT2D eigenvalue weighted by Crippen LogP contribution is 2.35. The molecule has 108 valence electrons. The fourth-order valence-electron chi connectivity index (χ4n) is 2.01. The van der Waals surface area contributed by atoms with Crippen LogP contribution in [0, 0.1) is 0 Å². The van der Waals surface area contributed by atoms with Crippen molar-refractivity contribution in [3.05, 3.63) is 34.5 Å². The van der Waals surface area contributed by atoms with E-state index in [1.807, 2.05) is 24.4 Å². The molecule has 0 aliphatic carbocycles. The Hall–Kier alpha value is -1.76. The zero-order valence-corrected chi connectivity index (χ0v) is 13.2. The highest BCUT2D eigenvalue weighted by Gasteiger charge is 2.12.